The average Bonchev–Trinajstić information content (AvgIpc) is 3.40. The minimum absolute atomic E-state index is 0.287. The third-order valence-electron chi connectivity index (χ3n) is 5.32. The maximum atomic E-state index is 14.5. The third-order valence-corrected chi connectivity index (χ3v) is 8.31. The van der Waals surface area contributed by atoms with Gasteiger partial charge >= 0.3 is 6.09 Å². The van der Waals surface area contributed by atoms with Crippen molar-refractivity contribution in [2.24, 2.45) is 7.05 Å². The van der Waals surface area contributed by atoms with Crippen LogP contribution in [0.1, 0.15) is 20.8 Å². The van der Waals surface area contributed by atoms with E-state index in [9.17, 15) is 9.18 Å². The monoisotopic (exact) mass is 507 g/mol. The number of rotatable bonds is 2. The molecule has 4 heterocycles. The van der Waals surface area contributed by atoms with Crippen molar-refractivity contribution in [2.75, 3.05) is 31.1 Å². The summed E-state index contributed by atoms with van der Waals surface area (Å²) in [5.74, 6) is -0.365. The van der Waals surface area contributed by atoms with Gasteiger partial charge in [0.1, 0.15) is 26.0 Å². The largest absolute Gasteiger partial charge is 0.444 e. The molecule has 1 aliphatic rings. The molecule has 33 heavy (non-hydrogen) atoms. The van der Waals surface area contributed by atoms with Gasteiger partial charge in [-0.25, -0.2) is 14.2 Å². The molecule has 0 unspecified atom stereocenters. The van der Waals surface area contributed by atoms with Crippen molar-refractivity contribution in [3.05, 3.63) is 29.2 Å². The number of fused-ring (bicyclic) bond motifs is 2. The van der Waals surface area contributed by atoms with Crippen LogP contribution in [0, 0.1) is 5.82 Å². The van der Waals surface area contributed by atoms with E-state index in [-0.39, 0.29) is 11.9 Å². The van der Waals surface area contributed by atoms with Gasteiger partial charge in [0.25, 0.3) is 0 Å². The first-order valence-corrected chi connectivity index (χ1v) is 12.5. The molecule has 0 atom stereocenters. The molecule has 1 amide bonds. The van der Waals surface area contributed by atoms with Crippen molar-refractivity contribution in [2.45, 2.75) is 26.4 Å². The van der Waals surface area contributed by atoms with Crippen LogP contribution in [0.2, 0.25) is 5.02 Å². The zero-order valence-corrected chi connectivity index (χ0v) is 21.1. The Morgan fingerprint density at radius 3 is 2.58 bits per heavy atom. The number of hydrogen-bond donors (Lipinski definition) is 0. The van der Waals surface area contributed by atoms with E-state index in [1.807, 2.05) is 26.8 Å². The average molecular weight is 508 g/mol. The number of ether oxygens (including phenoxy) is 1. The lowest BCUT2D eigenvalue weighted by molar-refractivity contribution is 0.0241. The summed E-state index contributed by atoms with van der Waals surface area (Å²) in [6.07, 6.45) is 1.50. The predicted octanol–water partition coefficient (Wildman–Crippen LogP) is 5.76. The highest BCUT2D eigenvalue weighted by atomic mass is 35.5. The van der Waals surface area contributed by atoms with Crippen molar-refractivity contribution in [1.82, 2.24) is 19.7 Å². The summed E-state index contributed by atoms with van der Waals surface area (Å²) in [4.78, 5) is 21.8. The van der Waals surface area contributed by atoms with Gasteiger partial charge < -0.3 is 14.5 Å². The summed E-state index contributed by atoms with van der Waals surface area (Å²) < 4.78 is 22.5. The third kappa shape index (κ3) is 4.27. The fourth-order valence-electron chi connectivity index (χ4n) is 3.83. The molecular formula is C22H23ClFN5O2S2. The first-order valence-electron chi connectivity index (χ1n) is 10.5. The molecular weight excluding hydrogens is 485 g/mol. The van der Waals surface area contributed by atoms with E-state index in [1.165, 1.54) is 28.7 Å². The first-order chi connectivity index (χ1) is 15.6. The second-order valence-corrected chi connectivity index (χ2v) is 11.4. The summed E-state index contributed by atoms with van der Waals surface area (Å²) in [6.45, 7) is 8.07. The Morgan fingerprint density at radius 1 is 1.18 bits per heavy atom. The van der Waals surface area contributed by atoms with E-state index in [2.05, 4.69) is 10.00 Å². The zero-order chi connectivity index (χ0) is 23.5. The Bertz CT molecular complexity index is 1360. The molecule has 0 spiro atoms. The maximum Gasteiger partial charge on any atom is 0.410 e. The summed E-state index contributed by atoms with van der Waals surface area (Å²) in [7, 11) is 1.77. The second-order valence-electron chi connectivity index (χ2n) is 9.03. The molecule has 7 nitrogen and oxygen atoms in total. The highest BCUT2D eigenvalue weighted by Gasteiger charge is 2.28. The molecule has 11 heteroatoms. The van der Waals surface area contributed by atoms with Gasteiger partial charge in [0, 0.05) is 50.4 Å². The number of benzene rings is 1. The minimum atomic E-state index is -0.510. The van der Waals surface area contributed by atoms with Crippen molar-refractivity contribution >= 4 is 65.8 Å². The summed E-state index contributed by atoms with van der Waals surface area (Å²) in [5, 5.41) is 7.23. The number of thiazole rings is 1. The molecule has 0 bridgehead atoms. The SMILES string of the molecule is Cn1cc2cc(-c3nc4sc(N5CCN(C(=O)OC(C)(C)C)CC5)c(Cl)c4s3)cc(F)c2n1. The normalized spacial score (nSPS) is 15.1. The van der Waals surface area contributed by atoms with E-state index in [1.54, 1.807) is 22.8 Å². The lowest BCUT2D eigenvalue weighted by atomic mass is 10.1. The van der Waals surface area contributed by atoms with Gasteiger partial charge in [0.05, 0.1) is 9.72 Å². The number of thiophene rings is 1. The van der Waals surface area contributed by atoms with Gasteiger partial charge in [-0.05, 0) is 32.9 Å². The topological polar surface area (TPSA) is 63.5 Å². The van der Waals surface area contributed by atoms with Crippen molar-refractivity contribution in [3.63, 3.8) is 0 Å². The van der Waals surface area contributed by atoms with Crippen molar-refractivity contribution < 1.29 is 13.9 Å². The molecule has 0 aliphatic carbocycles. The number of piperazine rings is 1. The molecule has 0 radical (unpaired) electrons. The fourth-order valence-corrected chi connectivity index (χ4v) is 6.60. The second kappa shape index (κ2) is 8.11. The quantitative estimate of drug-likeness (QED) is 0.345. The summed E-state index contributed by atoms with van der Waals surface area (Å²) >= 11 is 9.74. The summed E-state index contributed by atoms with van der Waals surface area (Å²) in [6, 6.07) is 3.38. The number of nitrogens with zero attached hydrogens (tertiary/aromatic N) is 5. The molecule has 3 aromatic heterocycles. The number of carbonyl (C=O) groups is 1. The van der Waals surface area contributed by atoms with E-state index < -0.39 is 5.60 Å². The van der Waals surface area contributed by atoms with E-state index in [0.717, 1.165) is 24.9 Å². The molecule has 4 aromatic rings. The number of aromatic nitrogens is 3. The molecule has 1 aliphatic heterocycles. The summed E-state index contributed by atoms with van der Waals surface area (Å²) in [5.41, 5.74) is 0.555. The Kier molecular flexibility index (Phi) is 5.49. The van der Waals surface area contributed by atoms with Gasteiger partial charge in [-0.2, -0.15) is 5.10 Å². The molecule has 5 rings (SSSR count). The minimum Gasteiger partial charge on any atom is -0.444 e. The van der Waals surface area contributed by atoms with Crippen LogP contribution in [0.3, 0.4) is 0 Å². The molecule has 0 saturated carbocycles. The van der Waals surface area contributed by atoms with Crippen LogP contribution in [-0.2, 0) is 11.8 Å². The van der Waals surface area contributed by atoms with Gasteiger partial charge in [0.2, 0.25) is 0 Å². The molecule has 1 saturated heterocycles. The smallest absolute Gasteiger partial charge is 0.410 e. The number of halogens is 2. The van der Waals surface area contributed by atoms with Crippen LogP contribution in [0.25, 0.3) is 31.0 Å². The van der Waals surface area contributed by atoms with E-state index in [4.69, 9.17) is 21.3 Å². The number of amides is 1. The fraction of sp³-hybridized carbons (Fsp3) is 0.409. The van der Waals surface area contributed by atoms with E-state index in [0.29, 0.717) is 42.3 Å². The molecule has 0 N–H and O–H groups in total. The molecule has 1 aromatic carbocycles. The number of aryl methyl sites for hydroxylation is 1. The Hall–Kier alpha value is -2.43. The van der Waals surface area contributed by atoms with Gasteiger partial charge in [0.15, 0.2) is 5.82 Å². The molecule has 1 fully saturated rings. The van der Waals surface area contributed by atoms with Crippen LogP contribution < -0.4 is 4.90 Å². The Labute approximate surface area is 203 Å². The van der Waals surface area contributed by atoms with Crippen LogP contribution in [-0.4, -0.2) is 57.5 Å². The number of anilines is 1. The van der Waals surface area contributed by atoms with Crippen LogP contribution in [0.4, 0.5) is 14.2 Å². The van der Waals surface area contributed by atoms with Crippen LogP contribution in [0.5, 0.6) is 0 Å². The Morgan fingerprint density at radius 2 is 1.91 bits per heavy atom. The van der Waals surface area contributed by atoms with Gasteiger partial charge in [-0.15, -0.1) is 11.3 Å². The first kappa shape index (κ1) is 22.4. The lowest BCUT2D eigenvalue weighted by Crippen LogP contribution is -2.50. The van der Waals surface area contributed by atoms with E-state index >= 15 is 0 Å². The lowest BCUT2D eigenvalue weighted by Gasteiger charge is -2.36. The van der Waals surface area contributed by atoms with Crippen molar-refractivity contribution in [1.29, 1.82) is 0 Å². The van der Waals surface area contributed by atoms with Crippen LogP contribution in [0.15, 0.2) is 18.3 Å². The highest BCUT2D eigenvalue weighted by Crippen LogP contribution is 2.46. The van der Waals surface area contributed by atoms with Crippen molar-refractivity contribution in [3.8, 4) is 10.6 Å². The zero-order valence-electron chi connectivity index (χ0n) is 18.7. The van der Waals surface area contributed by atoms with Gasteiger partial charge in [-0.3, -0.25) is 4.68 Å². The highest BCUT2D eigenvalue weighted by molar-refractivity contribution is 7.31. The number of hydrogen-bond acceptors (Lipinski definition) is 7. The van der Waals surface area contributed by atoms with Gasteiger partial charge in [-0.1, -0.05) is 22.9 Å². The Balaban J connectivity index is 1.36. The molecule has 174 valence electrons. The predicted molar refractivity (Wildman–Crippen MR) is 132 cm³/mol. The standard InChI is InChI=1S/C22H23ClFN5O2S2/c1-22(2,3)31-21(30)29-7-5-28(6-8-29)20-15(23)17-19(33-20)25-18(32-17)12-9-13-11-27(4)26-16(13)14(24)10-12/h9-11H,5-8H2,1-4H3. The van der Waals surface area contributed by atoms with Crippen LogP contribution >= 0.6 is 34.3 Å². The maximum absolute atomic E-state index is 14.5. The number of carbonyl (C=O) groups excluding carboxylic acids is 1.